The first-order valence-corrected chi connectivity index (χ1v) is 7.46. The molecule has 0 aromatic heterocycles. The van der Waals surface area contributed by atoms with Crippen LogP contribution in [0, 0.1) is 24.5 Å². The molecule has 104 valence electrons. The van der Waals surface area contributed by atoms with Crippen molar-refractivity contribution in [3.05, 3.63) is 34.9 Å². The first-order valence-electron chi connectivity index (χ1n) is 6.34. The molecule has 2 nitrogen and oxygen atoms in total. The Bertz CT molecular complexity index is 485. The second-order valence-electron chi connectivity index (χ2n) is 4.94. The maximum atomic E-state index is 13.9. The fraction of sp³-hybridized carbons (Fsp3) is 0.500. The third-order valence-electron chi connectivity index (χ3n) is 3.62. The van der Waals surface area contributed by atoms with Gasteiger partial charge in [-0.05, 0) is 37.3 Å². The van der Waals surface area contributed by atoms with Crippen LogP contribution in [0.15, 0.2) is 12.1 Å². The number of amides is 1. The number of halogens is 3. The van der Waals surface area contributed by atoms with Crippen molar-refractivity contribution in [1.82, 2.24) is 4.90 Å². The van der Waals surface area contributed by atoms with Gasteiger partial charge in [-0.1, -0.05) is 22.0 Å². The molecule has 0 radical (unpaired) electrons. The van der Waals surface area contributed by atoms with Crippen molar-refractivity contribution >= 4 is 21.8 Å². The van der Waals surface area contributed by atoms with Crippen LogP contribution in [-0.2, 0) is 0 Å². The van der Waals surface area contributed by atoms with Gasteiger partial charge in [0.1, 0.15) is 17.2 Å². The minimum Gasteiger partial charge on any atom is -0.338 e. The summed E-state index contributed by atoms with van der Waals surface area (Å²) in [6, 6.07) is 2.50. The summed E-state index contributed by atoms with van der Waals surface area (Å²) in [6.07, 6.45) is 1.73. The summed E-state index contributed by atoms with van der Waals surface area (Å²) in [7, 11) is 0. The summed E-state index contributed by atoms with van der Waals surface area (Å²) < 4.78 is 27.6. The molecule has 0 bridgehead atoms. The minimum atomic E-state index is -0.782. The van der Waals surface area contributed by atoms with E-state index in [0.717, 1.165) is 24.2 Å². The van der Waals surface area contributed by atoms with E-state index < -0.39 is 23.1 Å². The Morgan fingerprint density at radius 1 is 1.37 bits per heavy atom. The standard InChI is InChI=1S/C14H16BrF2NO/c1-9-2-3-11(16)12(13(9)17)14(19)18-6-4-10(8-15)5-7-18/h2-3,10H,4-8H2,1H3. The highest BCUT2D eigenvalue weighted by atomic mass is 79.9. The molecule has 0 aliphatic carbocycles. The summed E-state index contributed by atoms with van der Waals surface area (Å²) in [5.41, 5.74) is -0.127. The molecule has 1 aliphatic heterocycles. The third-order valence-corrected chi connectivity index (χ3v) is 4.53. The predicted molar refractivity (Wildman–Crippen MR) is 73.5 cm³/mol. The Morgan fingerprint density at radius 2 is 2.00 bits per heavy atom. The number of carbonyl (C=O) groups excluding carboxylic acids is 1. The molecule has 0 spiro atoms. The highest BCUT2D eigenvalue weighted by Crippen LogP contribution is 2.23. The van der Waals surface area contributed by atoms with Crippen LogP contribution in [0.1, 0.15) is 28.8 Å². The van der Waals surface area contributed by atoms with E-state index in [1.165, 1.54) is 13.0 Å². The molecule has 1 saturated heterocycles. The van der Waals surface area contributed by atoms with E-state index in [-0.39, 0.29) is 0 Å². The van der Waals surface area contributed by atoms with Gasteiger partial charge in [-0.3, -0.25) is 4.79 Å². The number of piperidine rings is 1. The Hall–Kier alpha value is -0.970. The predicted octanol–water partition coefficient (Wildman–Crippen LogP) is 3.52. The van der Waals surface area contributed by atoms with Crippen molar-refractivity contribution in [2.24, 2.45) is 5.92 Å². The lowest BCUT2D eigenvalue weighted by Crippen LogP contribution is -2.39. The van der Waals surface area contributed by atoms with Crippen molar-refractivity contribution in [2.45, 2.75) is 19.8 Å². The van der Waals surface area contributed by atoms with Crippen LogP contribution in [0.25, 0.3) is 0 Å². The van der Waals surface area contributed by atoms with Crippen LogP contribution in [0.5, 0.6) is 0 Å². The van der Waals surface area contributed by atoms with Crippen LogP contribution in [-0.4, -0.2) is 29.2 Å². The SMILES string of the molecule is Cc1ccc(F)c(C(=O)N2CCC(CBr)CC2)c1F. The Labute approximate surface area is 119 Å². The zero-order valence-corrected chi connectivity index (χ0v) is 12.3. The van der Waals surface area contributed by atoms with Crippen LogP contribution in [0.2, 0.25) is 0 Å². The summed E-state index contributed by atoms with van der Waals surface area (Å²) in [6.45, 7) is 2.65. The average molecular weight is 332 g/mol. The molecular weight excluding hydrogens is 316 g/mol. The van der Waals surface area contributed by atoms with Gasteiger partial charge in [-0.25, -0.2) is 8.78 Å². The first-order chi connectivity index (χ1) is 9.04. The van der Waals surface area contributed by atoms with E-state index in [1.807, 2.05) is 0 Å². The number of likely N-dealkylation sites (tertiary alicyclic amines) is 1. The van der Waals surface area contributed by atoms with E-state index in [2.05, 4.69) is 15.9 Å². The van der Waals surface area contributed by atoms with Crippen LogP contribution < -0.4 is 0 Å². The lowest BCUT2D eigenvalue weighted by atomic mass is 9.98. The molecule has 1 fully saturated rings. The smallest absolute Gasteiger partial charge is 0.259 e. The molecule has 5 heteroatoms. The molecule has 1 heterocycles. The minimum absolute atomic E-state index is 0.292. The van der Waals surface area contributed by atoms with E-state index >= 15 is 0 Å². The van der Waals surface area contributed by atoms with Crippen molar-refractivity contribution in [1.29, 1.82) is 0 Å². The fourth-order valence-electron chi connectivity index (χ4n) is 2.30. The van der Waals surface area contributed by atoms with Crippen molar-refractivity contribution in [3.63, 3.8) is 0 Å². The Kier molecular flexibility index (Phi) is 4.55. The number of alkyl halides is 1. The first kappa shape index (κ1) is 14.4. The zero-order chi connectivity index (χ0) is 14.0. The Morgan fingerprint density at radius 3 is 2.58 bits per heavy atom. The fourth-order valence-corrected chi connectivity index (χ4v) is 2.95. The van der Waals surface area contributed by atoms with Gasteiger partial charge in [0.15, 0.2) is 0 Å². The number of aryl methyl sites for hydroxylation is 1. The highest BCUT2D eigenvalue weighted by Gasteiger charge is 2.27. The largest absolute Gasteiger partial charge is 0.338 e. The quantitative estimate of drug-likeness (QED) is 0.759. The van der Waals surface area contributed by atoms with Crippen molar-refractivity contribution < 1.29 is 13.6 Å². The lowest BCUT2D eigenvalue weighted by molar-refractivity contribution is 0.0689. The summed E-state index contributed by atoms with van der Waals surface area (Å²) in [5, 5.41) is 0.905. The molecule has 19 heavy (non-hydrogen) atoms. The maximum absolute atomic E-state index is 13.9. The zero-order valence-electron chi connectivity index (χ0n) is 10.8. The van der Waals surface area contributed by atoms with E-state index in [9.17, 15) is 13.6 Å². The van der Waals surface area contributed by atoms with E-state index in [1.54, 1.807) is 4.90 Å². The molecule has 0 atom stereocenters. The number of rotatable bonds is 2. The number of carbonyl (C=O) groups is 1. The topological polar surface area (TPSA) is 20.3 Å². The van der Waals surface area contributed by atoms with Gasteiger partial charge in [-0.15, -0.1) is 0 Å². The van der Waals surface area contributed by atoms with Gasteiger partial charge in [0.05, 0.1) is 0 Å². The number of nitrogens with zero attached hydrogens (tertiary/aromatic N) is 1. The van der Waals surface area contributed by atoms with Gasteiger partial charge in [0, 0.05) is 18.4 Å². The molecule has 1 aliphatic rings. The highest BCUT2D eigenvalue weighted by molar-refractivity contribution is 9.09. The molecule has 1 aromatic carbocycles. The number of hydrogen-bond donors (Lipinski definition) is 0. The molecule has 0 N–H and O–H groups in total. The third kappa shape index (κ3) is 2.96. The number of benzene rings is 1. The monoisotopic (exact) mass is 331 g/mol. The van der Waals surface area contributed by atoms with Gasteiger partial charge >= 0.3 is 0 Å². The van der Waals surface area contributed by atoms with E-state index in [0.29, 0.717) is 24.6 Å². The second kappa shape index (κ2) is 5.99. The summed E-state index contributed by atoms with van der Waals surface area (Å²) in [4.78, 5) is 13.8. The van der Waals surface area contributed by atoms with Crippen molar-refractivity contribution in [3.8, 4) is 0 Å². The lowest BCUT2D eigenvalue weighted by Gasteiger charge is -2.31. The van der Waals surface area contributed by atoms with Gasteiger partial charge in [-0.2, -0.15) is 0 Å². The van der Waals surface area contributed by atoms with Crippen LogP contribution in [0.3, 0.4) is 0 Å². The van der Waals surface area contributed by atoms with Crippen LogP contribution in [0.4, 0.5) is 8.78 Å². The molecule has 1 amide bonds. The molecule has 2 rings (SSSR count). The van der Waals surface area contributed by atoms with E-state index in [4.69, 9.17) is 0 Å². The summed E-state index contributed by atoms with van der Waals surface area (Å²) in [5.74, 6) is -1.52. The molecule has 1 aromatic rings. The average Bonchev–Trinajstić information content (AvgIpc) is 2.43. The Balaban J connectivity index is 2.19. The molecule has 0 unspecified atom stereocenters. The normalized spacial score (nSPS) is 16.7. The molecular formula is C14H16BrF2NO. The number of hydrogen-bond acceptors (Lipinski definition) is 1. The molecule has 0 saturated carbocycles. The second-order valence-corrected chi connectivity index (χ2v) is 5.59. The maximum Gasteiger partial charge on any atom is 0.259 e. The van der Waals surface area contributed by atoms with Gasteiger partial charge in [0.2, 0.25) is 0 Å². The van der Waals surface area contributed by atoms with Gasteiger partial charge < -0.3 is 4.90 Å². The van der Waals surface area contributed by atoms with Gasteiger partial charge in [0.25, 0.3) is 5.91 Å². The van der Waals surface area contributed by atoms with Crippen LogP contribution >= 0.6 is 15.9 Å². The summed E-state index contributed by atoms with van der Waals surface area (Å²) >= 11 is 3.42. The van der Waals surface area contributed by atoms with Crippen molar-refractivity contribution in [2.75, 3.05) is 18.4 Å².